The number of amides is 2. The highest BCUT2D eigenvalue weighted by atomic mass is 32.2. The fourth-order valence-electron chi connectivity index (χ4n) is 2.59. The van der Waals surface area contributed by atoms with Crippen molar-refractivity contribution in [3.8, 4) is 0 Å². The minimum atomic E-state index is -0.329. The first kappa shape index (κ1) is 18.8. The Kier molecular flexibility index (Phi) is 5.98. The summed E-state index contributed by atoms with van der Waals surface area (Å²) in [5.74, 6) is -0.167. The van der Waals surface area contributed by atoms with Crippen molar-refractivity contribution in [1.82, 2.24) is 4.90 Å². The number of anilines is 1. The van der Waals surface area contributed by atoms with Gasteiger partial charge < -0.3 is 14.6 Å². The van der Waals surface area contributed by atoms with Crippen LogP contribution >= 0.6 is 11.8 Å². The normalized spacial score (nSPS) is 10.4. The number of carbonyl (C=O) groups excluding carboxylic acids is 2. The van der Waals surface area contributed by atoms with Crippen LogP contribution in [0.4, 0.5) is 5.69 Å². The summed E-state index contributed by atoms with van der Waals surface area (Å²) in [6, 6.07) is 18.2. The molecule has 0 aliphatic carbocycles. The van der Waals surface area contributed by atoms with Gasteiger partial charge in [0.05, 0.1) is 6.26 Å². The van der Waals surface area contributed by atoms with Crippen molar-refractivity contribution in [2.24, 2.45) is 0 Å². The van der Waals surface area contributed by atoms with Crippen molar-refractivity contribution < 1.29 is 14.0 Å². The molecule has 0 saturated heterocycles. The van der Waals surface area contributed by atoms with E-state index in [0.29, 0.717) is 17.8 Å². The number of benzene rings is 2. The summed E-state index contributed by atoms with van der Waals surface area (Å²) in [6.45, 7) is 0.532. The van der Waals surface area contributed by atoms with Gasteiger partial charge in [-0.1, -0.05) is 12.1 Å². The van der Waals surface area contributed by atoms with Gasteiger partial charge in [0.2, 0.25) is 0 Å². The summed E-state index contributed by atoms with van der Waals surface area (Å²) in [5, 5.41) is 2.73. The maximum Gasteiger partial charge on any atom is 0.291 e. The molecule has 27 heavy (non-hydrogen) atoms. The molecule has 6 heteroatoms. The third-order valence-corrected chi connectivity index (χ3v) is 4.80. The molecular weight excluding hydrogens is 360 g/mol. The molecule has 2 amide bonds. The lowest BCUT2D eigenvalue weighted by Crippen LogP contribution is -2.26. The van der Waals surface area contributed by atoms with Crippen molar-refractivity contribution >= 4 is 29.3 Å². The summed E-state index contributed by atoms with van der Waals surface area (Å²) in [4.78, 5) is 27.4. The van der Waals surface area contributed by atoms with Crippen LogP contribution in [-0.4, -0.2) is 30.0 Å². The number of furan rings is 1. The van der Waals surface area contributed by atoms with Crippen LogP contribution in [0.1, 0.15) is 26.5 Å². The highest BCUT2D eigenvalue weighted by Gasteiger charge is 2.13. The van der Waals surface area contributed by atoms with Gasteiger partial charge in [-0.25, -0.2) is 0 Å². The number of carbonyl (C=O) groups is 2. The predicted octanol–water partition coefficient (Wildman–Crippen LogP) is 4.53. The van der Waals surface area contributed by atoms with Crippen molar-refractivity contribution in [1.29, 1.82) is 0 Å². The highest BCUT2D eigenvalue weighted by Crippen LogP contribution is 2.17. The first-order valence-electron chi connectivity index (χ1n) is 8.40. The minimum Gasteiger partial charge on any atom is -0.459 e. The van der Waals surface area contributed by atoms with Crippen LogP contribution < -0.4 is 5.32 Å². The Balaban J connectivity index is 1.61. The van der Waals surface area contributed by atoms with Gasteiger partial charge in [-0.05, 0) is 60.4 Å². The second-order valence-electron chi connectivity index (χ2n) is 6.02. The first-order valence-corrected chi connectivity index (χ1v) is 9.62. The van der Waals surface area contributed by atoms with E-state index in [9.17, 15) is 9.59 Å². The second-order valence-corrected chi connectivity index (χ2v) is 6.90. The van der Waals surface area contributed by atoms with Crippen LogP contribution in [0.15, 0.2) is 76.2 Å². The summed E-state index contributed by atoms with van der Waals surface area (Å²) in [6.07, 6.45) is 3.48. The molecule has 3 rings (SSSR count). The van der Waals surface area contributed by atoms with Gasteiger partial charge in [-0.15, -0.1) is 11.8 Å². The Labute approximate surface area is 162 Å². The van der Waals surface area contributed by atoms with Crippen molar-refractivity contribution in [3.05, 3.63) is 83.8 Å². The van der Waals surface area contributed by atoms with Gasteiger partial charge in [0.15, 0.2) is 5.76 Å². The molecule has 1 heterocycles. The number of thioether (sulfide) groups is 1. The first-order chi connectivity index (χ1) is 13.1. The maximum atomic E-state index is 12.6. The predicted molar refractivity (Wildman–Crippen MR) is 107 cm³/mol. The zero-order chi connectivity index (χ0) is 19.2. The SMILES string of the molecule is CSc1ccc(CN(C)C(=O)c2ccc(NC(=O)c3ccco3)cc2)cc1. The second kappa shape index (κ2) is 8.60. The van der Waals surface area contributed by atoms with Crippen LogP contribution in [0.2, 0.25) is 0 Å². The standard InChI is InChI=1S/C21H20N2O3S/c1-23(14-15-5-11-18(27-2)12-6-15)21(25)16-7-9-17(10-8-16)22-20(24)19-4-3-13-26-19/h3-13H,14H2,1-2H3,(H,22,24). The third kappa shape index (κ3) is 4.80. The molecule has 3 aromatic rings. The van der Waals surface area contributed by atoms with Gasteiger partial charge in [-0.2, -0.15) is 0 Å². The number of nitrogens with one attached hydrogen (secondary N) is 1. The number of rotatable bonds is 6. The fourth-order valence-corrected chi connectivity index (χ4v) is 3.00. The summed E-state index contributed by atoms with van der Waals surface area (Å²) in [5.41, 5.74) is 2.24. The van der Waals surface area contributed by atoms with Crippen LogP contribution in [0.25, 0.3) is 0 Å². The van der Waals surface area contributed by atoms with E-state index in [1.165, 1.54) is 11.2 Å². The molecule has 0 fully saturated rings. The van der Waals surface area contributed by atoms with Gasteiger partial charge in [0, 0.05) is 29.7 Å². The van der Waals surface area contributed by atoms with E-state index in [4.69, 9.17) is 4.42 Å². The van der Waals surface area contributed by atoms with E-state index in [-0.39, 0.29) is 17.6 Å². The molecule has 0 spiro atoms. The van der Waals surface area contributed by atoms with Crippen molar-refractivity contribution in [3.63, 3.8) is 0 Å². The summed E-state index contributed by atoms with van der Waals surface area (Å²) in [7, 11) is 1.78. The van der Waals surface area contributed by atoms with E-state index in [0.717, 1.165) is 5.56 Å². The molecule has 0 bridgehead atoms. The molecule has 0 saturated carbocycles. The Morgan fingerprint density at radius 3 is 2.33 bits per heavy atom. The zero-order valence-corrected chi connectivity index (χ0v) is 16.0. The van der Waals surface area contributed by atoms with Gasteiger partial charge in [0.1, 0.15) is 0 Å². The average Bonchev–Trinajstić information content (AvgIpc) is 3.23. The highest BCUT2D eigenvalue weighted by molar-refractivity contribution is 7.98. The lowest BCUT2D eigenvalue weighted by atomic mass is 10.1. The maximum absolute atomic E-state index is 12.6. The van der Waals surface area contributed by atoms with Crippen LogP contribution in [0.5, 0.6) is 0 Å². The molecule has 0 radical (unpaired) electrons. The molecule has 0 atom stereocenters. The average molecular weight is 380 g/mol. The van der Waals surface area contributed by atoms with E-state index < -0.39 is 0 Å². The molecule has 0 aliphatic heterocycles. The van der Waals surface area contributed by atoms with Gasteiger partial charge in [0.25, 0.3) is 11.8 Å². The molecule has 2 aromatic carbocycles. The van der Waals surface area contributed by atoms with Crippen molar-refractivity contribution in [2.75, 3.05) is 18.6 Å². The van der Waals surface area contributed by atoms with E-state index >= 15 is 0 Å². The topological polar surface area (TPSA) is 62.6 Å². The number of hydrogen-bond acceptors (Lipinski definition) is 4. The summed E-state index contributed by atoms with van der Waals surface area (Å²) >= 11 is 1.69. The lowest BCUT2D eigenvalue weighted by Gasteiger charge is -2.18. The Hall–Kier alpha value is -2.99. The van der Waals surface area contributed by atoms with Gasteiger partial charge in [-0.3, -0.25) is 9.59 Å². The zero-order valence-electron chi connectivity index (χ0n) is 15.1. The lowest BCUT2D eigenvalue weighted by molar-refractivity contribution is 0.0785. The molecule has 1 aromatic heterocycles. The number of nitrogens with zero attached hydrogens (tertiary/aromatic N) is 1. The van der Waals surface area contributed by atoms with Crippen LogP contribution in [0, 0.1) is 0 Å². The summed E-state index contributed by atoms with van der Waals surface area (Å²) < 4.78 is 5.06. The van der Waals surface area contributed by atoms with Crippen LogP contribution in [-0.2, 0) is 6.54 Å². The smallest absolute Gasteiger partial charge is 0.291 e. The van der Waals surface area contributed by atoms with E-state index in [1.54, 1.807) is 60.1 Å². The minimum absolute atomic E-state index is 0.0761. The van der Waals surface area contributed by atoms with E-state index in [2.05, 4.69) is 17.4 Å². The molecule has 0 aliphatic rings. The molecule has 138 valence electrons. The molecule has 5 nitrogen and oxygen atoms in total. The third-order valence-electron chi connectivity index (χ3n) is 4.06. The monoisotopic (exact) mass is 380 g/mol. The Bertz CT molecular complexity index is 904. The van der Waals surface area contributed by atoms with Gasteiger partial charge >= 0.3 is 0 Å². The largest absolute Gasteiger partial charge is 0.459 e. The molecule has 1 N–H and O–H groups in total. The fraction of sp³-hybridized carbons (Fsp3) is 0.143. The number of hydrogen-bond donors (Lipinski definition) is 1. The van der Waals surface area contributed by atoms with Crippen LogP contribution in [0.3, 0.4) is 0 Å². The van der Waals surface area contributed by atoms with E-state index in [1.807, 2.05) is 18.4 Å². The molecule has 0 unspecified atom stereocenters. The Morgan fingerprint density at radius 1 is 1.04 bits per heavy atom. The molecular formula is C21H20N2O3S. The van der Waals surface area contributed by atoms with Crippen molar-refractivity contribution in [2.45, 2.75) is 11.4 Å². The quantitative estimate of drug-likeness (QED) is 0.639. The Morgan fingerprint density at radius 2 is 1.74 bits per heavy atom.